The summed E-state index contributed by atoms with van der Waals surface area (Å²) in [5.74, 6) is 4.01. The van der Waals surface area contributed by atoms with Crippen molar-refractivity contribution in [2.45, 2.75) is 31.3 Å². The minimum absolute atomic E-state index is 0.223. The van der Waals surface area contributed by atoms with Gasteiger partial charge >= 0.3 is 0 Å². The molecule has 156 valence electrons. The van der Waals surface area contributed by atoms with Crippen molar-refractivity contribution in [3.63, 3.8) is 0 Å². The van der Waals surface area contributed by atoms with Crippen LogP contribution in [-0.4, -0.2) is 24.9 Å². The van der Waals surface area contributed by atoms with E-state index in [2.05, 4.69) is 53.8 Å². The van der Waals surface area contributed by atoms with Gasteiger partial charge in [0, 0.05) is 30.7 Å². The summed E-state index contributed by atoms with van der Waals surface area (Å²) in [4.78, 5) is 0. The van der Waals surface area contributed by atoms with E-state index in [1.807, 2.05) is 42.1 Å². The van der Waals surface area contributed by atoms with Crippen molar-refractivity contribution < 1.29 is 9.47 Å². The van der Waals surface area contributed by atoms with E-state index in [0.29, 0.717) is 6.61 Å². The van der Waals surface area contributed by atoms with Crippen LogP contribution in [0.3, 0.4) is 0 Å². The zero-order chi connectivity index (χ0) is 20.4. The van der Waals surface area contributed by atoms with Gasteiger partial charge in [0.05, 0.1) is 0 Å². The normalized spacial score (nSPS) is 15.3. The molecule has 3 nitrogen and oxygen atoms in total. The summed E-state index contributed by atoms with van der Waals surface area (Å²) in [5.41, 5.74) is 3.83. The first-order chi connectivity index (χ1) is 14.9. The second-order valence-corrected chi connectivity index (χ2v) is 8.67. The van der Waals surface area contributed by atoms with Crippen molar-refractivity contribution in [3.05, 3.63) is 95.6 Å². The van der Waals surface area contributed by atoms with Gasteiger partial charge in [-0.25, -0.2) is 0 Å². The van der Waals surface area contributed by atoms with Crippen LogP contribution in [0.25, 0.3) is 0 Å². The molecule has 1 aliphatic rings. The molecule has 1 aliphatic heterocycles. The second kappa shape index (κ2) is 11.1. The third-order valence-electron chi connectivity index (χ3n) is 5.22. The maximum Gasteiger partial charge on any atom is 0.126 e. The van der Waals surface area contributed by atoms with Crippen LogP contribution < -0.4 is 14.8 Å². The molecule has 0 spiro atoms. The molecule has 0 amide bonds. The zero-order valence-corrected chi connectivity index (χ0v) is 18.1. The third-order valence-corrected chi connectivity index (χ3v) is 6.25. The van der Waals surface area contributed by atoms with E-state index in [0.717, 1.165) is 48.9 Å². The Bertz CT molecular complexity index is 901. The van der Waals surface area contributed by atoms with Crippen LogP contribution in [0.4, 0.5) is 0 Å². The minimum Gasteiger partial charge on any atom is -0.489 e. The van der Waals surface area contributed by atoms with E-state index in [9.17, 15) is 0 Å². The SMILES string of the molecule is c1ccc(COc2ccc3c(c2)OC(CNCCSCc2ccccc2)CC3)cc1. The topological polar surface area (TPSA) is 30.5 Å². The Hall–Kier alpha value is -2.43. The van der Waals surface area contributed by atoms with Gasteiger partial charge in [-0.05, 0) is 35.6 Å². The van der Waals surface area contributed by atoms with Gasteiger partial charge in [0.1, 0.15) is 24.2 Å². The Balaban J connectivity index is 1.18. The van der Waals surface area contributed by atoms with E-state index >= 15 is 0 Å². The minimum atomic E-state index is 0.223. The van der Waals surface area contributed by atoms with Crippen molar-refractivity contribution in [2.75, 3.05) is 18.8 Å². The van der Waals surface area contributed by atoms with Crippen LogP contribution in [0.1, 0.15) is 23.1 Å². The highest BCUT2D eigenvalue weighted by atomic mass is 32.2. The Morgan fingerprint density at radius 2 is 1.70 bits per heavy atom. The summed E-state index contributed by atoms with van der Waals surface area (Å²) in [5, 5.41) is 3.56. The molecule has 0 radical (unpaired) electrons. The van der Waals surface area contributed by atoms with E-state index in [-0.39, 0.29) is 6.10 Å². The number of hydrogen-bond donors (Lipinski definition) is 1. The standard InChI is InChI=1S/C26H29NO2S/c1-3-7-21(8-4-1)19-28-24-13-11-23-12-14-25(29-26(23)17-24)18-27-15-16-30-20-22-9-5-2-6-10-22/h1-11,13,17,25,27H,12,14-16,18-20H2. The van der Waals surface area contributed by atoms with Crippen LogP contribution in [0.15, 0.2) is 78.9 Å². The number of thioether (sulfide) groups is 1. The molecular formula is C26H29NO2S. The number of hydrogen-bond acceptors (Lipinski definition) is 4. The first-order valence-corrected chi connectivity index (χ1v) is 11.8. The van der Waals surface area contributed by atoms with Crippen LogP contribution >= 0.6 is 11.8 Å². The molecule has 0 bridgehead atoms. The fourth-order valence-corrected chi connectivity index (χ4v) is 4.41. The molecule has 1 N–H and O–H groups in total. The van der Waals surface area contributed by atoms with Crippen molar-refractivity contribution in [2.24, 2.45) is 0 Å². The van der Waals surface area contributed by atoms with E-state index < -0.39 is 0 Å². The summed E-state index contributed by atoms with van der Waals surface area (Å²) < 4.78 is 12.2. The molecular weight excluding hydrogens is 390 g/mol. The third kappa shape index (κ3) is 6.28. The molecule has 1 atom stereocenters. The first-order valence-electron chi connectivity index (χ1n) is 10.7. The molecule has 4 heteroatoms. The van der Waals surface area contributed by atoms with Gasteiger partial charge in [-0.3, -0.25) is 0 Å². The first kappa shape index (κ1) is 20.8. The number of benzene rings is 3. The predicted octanol–water partition coefficient (Wildman–Crippen LogP) is 5.48. The summed E-state index contributed by atoms with van der Waals surface area (Å²) in [7, 11) is 0. The molecule has 1 heterocycles. The molecule has 0 fully saturated rings. The van der Waals surface area contributed by atoms with Crippen LogP contribution in [-0.2, 0) is 18.8 Å². The fourth-order valence-electron chi connectivity index (χ4n) is 3.55. The number of rotatable bonds is 10. The van der Waals surface area contributed by atoms with Crippen LogP contribution in [0, 0.1) is 0 Å². The highest BCUT2D eigenvalue weighted by Gasteiger charge is 2.20. The van der Waals surface area contributed by atoms with Gasteiger partial charge in [-0.15, -0.1) is 0 Å². The van der Waals surface area contributed by atoms with Crippen LogP contribution in [0.5, 0.6) is 11.5 Å². The van der Waals surface area contributed by atoms with Gasteiger partial charge in [0.25, 0.3) is 0 Å². The van der Waals surface area contributed by atoms with Gasteiger partial charge in [0.15, 0.2) is 0 Å². The number of fused-ring (bicyclic) bond motifs is 1. The second-order valence-electron chi connectivity index (χ2n) is 7.56. The quantitative estimate of drug-likeness (QED) is 0.441. The Morgan fingerprint density at radius 3 is 2.50 bits per heavy atom. The van der Waals surface area contributed by atoms with Crippen molar-refractivity contribution in [1.29, 1.82) is 0 Å². The van der Waals surface area contributed by atoms with Gasteiger partial charge in [0.2, 0.25) is 0 Å². The lowest BCUT2D eigenvalue weighted by Crippen LogP contribution is -2.35. The number of aryl methyl sites for hydroxylation is 1. The molecule has 0 saturated carbocycles. The van der Waals surface area contributed by atoms with Crippen molar-refractivity contribution in [3.8, 4) is 11.5 Å². The van der Waals surface area contributed by atoms with E-state index in [1.165, 1.54) is 16.7 Å². The molecule has 30 heavy (non-hydrogen) atoms. The van der Waals surface area contributed by atoms with Gasteiger partial charge < -0.3 is 14.8 Å². The average molecular weight is 420 g/mol. The van der Waals surface area contributed by atoms with Gasteiger partial charge in [-0.2, -0.15) is 11.8 Å². The molecule has 3 aromatic carbocycles. The Morgan fingerprint density at radius 1 is 0.933 bits per heavy atom. The summed E-state index contributed by atoms with van der Waals surface area (Å²) >= 11 is 1.97. The lowest BCUT2D eigenvalue weighted by atomic mass is 10.0. The summed E-state index contributed by atoms with van der Waals surface area (Å²) in [6.07, 6.45) is 2.34. The zero-order valence-electron chi connectivity index (χ0n) is 17.3. The Kier molecular flexibility index (Phi) is 7.70. The number of nitrogens with one attached hydrogen (secondary N) is 1. The lowest BCUT2D eigenvalue weighted by Gasteiger charge is -2.27. The summed E-state index contributed by atoms with van der Waals surface area (Å²) in [6, 6.07) is 27.1. The van der Waals surface area contributed by atoms with Crippen molar-refractivity contribution in [1.82, 2.24) is 5.32 Å². The maximum atomic E-state index is 6.25. The van der Waals surface area contributed by atoms with Gasteiger partial charge in [-0.1, -0.05) is 66.7 Å². The largest absolute Gasteiger partial charge is 0.489 e. The molecule has 0 aromatic heterocycles. The average Bonchev–Trinajstić information content (AvgIpc) is 2.81. The van der Waals surface area contributed by atoms with Crippen molar-refractivity contribution >= 4 is 11.8 Å². The fraction of sp³-hybridized carbons (Fsp3) is 0.308. The maximum absolute atomic E-state index is 6.25. The molecule has 3 aromatic rings. The monoisotopic (exact) mass is 419 g/mol. The number of ether oxygens (including phenoxy) is 2. The summed E-state index contributed by atoms with van der Waals surface area (Å²) in [6.45, 7) is 2.47. The lowest BCUT2D eigenvalue weighted by molar-refractivity contribution is 0.170. The highest BCUT2D eigenvalue weighted by Crippen LogP contribution is 2.31. The molecule has 1 unspecified atom stereocenters. The predicted molar refractivity (Wildman–Crippen MR) is 125 cm³/mol. The van der Waals surface area contributed by atoms with E-state index in [1.54, 1.807) is 0 Å². The highest BCUT2D eigenvalue weighted by molar-refractivity contribution is 7.98. The molecule has 4 rings (SSSR count). The molecule has 0 aliphatic carbocycles. The van der Waals surface area contributed by atoms with Crippen LogP contribution in [0.2, 0.25) is 0 Å². The smallest absolute Gasteiger partial charge is 0.126 e. The van der Waals surface area contributed by atoms with E-state index in [4.69, 9.17) is 9.47 Å². The Labute approximate surface area is 183 Å². The molecule has 0 saturated heterocycles.